The smallest absolute Gasteiger partial charge is 0.115 e. The van der Waals surface area contributed by atoms with Crippen LogP contribution in [0.15, 0.2) is 18.2 Å². The molecule has 0 atom stereocenters. The van der Waals surface area contributed by atoms with Crippen LogP contribution in [0.1, 0.15) is 53.8 Å². The van der Waals surface area contributed by atoms with Crippen LogP contribution >= 0.6 is 0 Å². The van der Waals surface area contributed by atoms with Gasteiger partial charge in [-0.15, -0.1) is 0 Å². The highest BCUT2D eigenvalue weighted by atomic mass is 15.1. The molecule has 1 heterocycles. The number of hydrogen-bond acceptors (Lipinski definition) is 2. The molecule has 0 bridgehead atoms. The summed E-state index contributed by atoms with van der Waals surface area (Å²) in [6, 6.07) is 6.01. The summed E-state index contributed by atoms with van der Waals surface area (Å²) in [5, 5.41) is 0. The minimum absolute atomic E-state index is 0.0141. The van der Waals surface area contributed by atoms with Crippen molar-refractivity contribution in [3.8, 4) is 0 Å². The van der Waals surface area contributed by atoms with Gasteiger partial charge in [-0.3, -0.25) is 0 Å². The van der Waals surface area contributed by atoms with Gasteiger partial charge >= 0.3 is 0 Å². The van der Waals surface area contributed by atoms with E-state index < -0.39 is 0 Å². The van der Waals surface area contributed by atoms with Gasteiger partial charge in [0.15, 0.2) is 0 Å². The average molecular weight is 259 g/mol. The Balaban J connectivity index is 2.84. The Morgan fingerprint density at radius 1 is 1.16 bits per heavy atom. The molecule has 3 heteroatoms. The van der Waals surface area contributed by atoms with Gasteiger partial charge in [0.2, 0.25) is 0 Å². The van der Waals surface area contributed by atoms with E-state index in [2.05, 4.69) is 52.2 Å². The number of aromatic nitrogens is 2. The normalized spacial score (nSPS) is 13.2. The Labute approximate surface area is 115 Å². The van der Waals surface area contributed by atoms with Crippen LogP contribution in [0, 0.1) is 0 Å². The van der Waals surface area contributed by atoms with E-state index in [9.17, 15) is 0 Å². The second-order valence-corrected chi connectivity index (χ2v) is 6.93. The summed E-state index contributed by atoms with van der Waals surface area (Å²) in [6.45, 7) is 13.4. The first-order chi connectivity index (χ1) is 8.66. The Hall–Kier alpha value is -1.51. The van der Waals surface area contributed by atoms with Crippen molar-refractivity contribution < 1.29 is 0 Å². The molecule has 19 heavy (non-hydrogen) atoms. The molecule has 2 N–H and O–H groups in total. The van der Waals surface area contributed by atoms with E-state index in [1.807, 2.05) is 12.1 Å². The second kappa shape index (κ2) is 4.26. The lowest BCUT2D eigenvalue weighted by atomic mass is 9.92. The van der Waals surface area contributed by atoms with Crippen LogP contribution in [0.5, 0.6) is 0 Å². The molecule has 0 aliphatic rings. The molecule has 1 aromatic heterocycles. The fourth-order valence-electron chi connectivity index (χ4n) is 2.37. The first kappa shape index (κ1) is 13.9. The quantitative estimate of drug-likeness (QED) is 0.826. The summed E-state index contributed by atoms with van der Waals surface area (Å²) < 4.78 is 2.38. The summed E-state index contributed by atoms with van der Waals surface area (Å²) in [7, 11) is 0. The molecular formula is C16H25N3. The average Bonchev–Trinajstić information content (AvgIpc) is 2.67. The Morgan fingerprint density at radius 3 is 2.32 bits per heavy atom. The van der Waals surface area contributed by atoms with Gasteiger partial charge in [-0.2, -0.15) is 0 Å². The predicted octanol–water partition coefficient (Wildman–Crippen LogP) is 4.06. The van der Waals surface area contributed by atoms with Gasteiger partial charge in [-0.05, 0) is 38.5 Å². The molecule has 0 amide bonds. The van der Waals surface area contributed by atoms with Gasteiger partial charge < -0.3 is 10.3 Å². The molecule has 2 aromatic rings. The number of benzene rings is 1. The van der Waals surface area contributed by atoms with Crippen LogP contribution in [0.2, 0.25) is 0 Å². The Kier molecular flexibility index (Phi) is 3.12. The fraction of sp³-hybridized carbons (Fsp3) is 0.562. The zero-order chi connectivity index (χ0) is 14.4. The molecule has 2 rings (SSSR count). The van der Waals surface area contributed by atoms with Crippen molar-refractivity contribution >= 4 is 16.7 Å². The van der Waals surface area contributed by atoms with Crippen molar-refractivity contribution in [2.45, 2.75) is 58.9 Å². The van der Waals surface area contributed by atoms with Crippen LogP contribution in [-0.4, -0.2) is 9.55 Å². The molecule has 0 aliphatic carbocycles. The van der Waals surface area contributed by atoms with Crippen LogP contribution in [-0.2, 0) is 11.0 Å². The monoisotopic (exact) mass is 259 g/mol. The van der Waals surface area contributed by atoms with Gasteiger partial charge in [0.05, 0.1) is 11.0 Å². The number of nitrogens with two attached hydrogens (primary N) is 1. The van der Waals surface area contributed by atoms with E-state index in [-0.39, 0.29) is 11.0 Å². The lowest BCUT2D eigenvalue weighted by Gasteiger charge is -2.32. The van der Waals surface area contributed by atoms with Crippen LogP contribution < -0.4 is 5.73 Å². The van der Waals surface area contributed by atoms with Crippen molar-refractivity contribution in [2.24, 2.45) is 0 Å². The number of rotatable bonds is 2. The summed E-state index contributed by atoms with van der Waals surface area (Å²) in [5.41, 5.74) is 8.88. The van der Waals surface area contributed by atoms with Gasteiger partial charge in [0, 0.05) is 16.6 Å². The van der Waals surface area contributed by atoms with Crippen LogP contribution in [0.4, 0.5) is 5.69 Å². The van der Waals surface area contributed by atoms with Gasteiger partial charge in [-0.1, -0.05) is 27.7 Å². The second-order valence-electron chi connectivity index (χ2n) is 6.93. The molecule has 0 unspecified atom stereocenters. The fourth-order valence-corrected chi connectivity index (χ4v) is 2.37. The molecule has 0 saturated heterocycles. The number of anilines is 1. The van der Waals surface area contributed by atoms with Crippen molar-refractivity contribution in [2.75, 3.05) is 5.73 Å². The third kappa shape index (κ3) is 2.34. The number of imidazole rings is 1. The maximum absolute atomic E-state index is 5.88. The van der Waals surface area contributed by atoms with Crippen molar-refractivity contribution in [3.63, 3.8) is 0 Å². The number of nitrogens with zero attached hydrogens (tertiary/aromatic N) is 2. The van der Waals surface area contributed by atoms with E-state index >= 15 is 0 Å². The first-order valence-electron chi connectivity index (χ1n) is 6.96. The molecule has 0 fully saturated rings. The maximum Gasteiger partial charge on any atom is 0.115 e. The minimum atomic E-state index is 0.0141. The maximum atomic E-state index is 5.88. The molecule has 104 valence electrons. The largest absolute Gasteiger partial charge is 0.399 e. The third-order valence-electron chi connectivity index (χ3n) is 3.82. The molecule has 1 aromatic carbocycles. The third-order valence-corrected chi connectivity index (χ3v) is 3.82. The highest BCUT2D eigenvalue weighted by Crippen LogP contribution is 2.34. The summed E-state index contributed by atoms with van der Waals surface area (Å²) >= 11 is 0. The highest BCUT2D eigenvalue weighted by molar-refractivity contribution is 5.80. The zero-order valence-electron chi connectivity index (χ0n) is 12.9. The molecule has 0 aliphatic heterocycles. The summed E-state index contributed by atoms with van der Waals surface area (Å²) in [4.78, 5) is 4.84. The lowest BCUT2D eigenvalue weighted by Crippen LogP contribution is -2.31. The zero-order valence-corrected chi connectivity index (χ0v) is 12.9. The standard InChI is InChI=1S/C16H25N3/c1-7-16(5,6)19-13-9-8-11(17)10-12(13)18-14(19)15(2,3)4/h8-10H,7,17H2,1-6H3. The van der Waals surface area contributed by atoms with Gasteiger partial charge in [-0.25, -0.2) is 4.98 Å². The van der Waals surface area contributed by atoms with E-state index in [1.54, 1.807) is 0 Å². The number of hydrogen-bond donors (Lipinski definition) is 1. The predicted molar refractivity (Wildman–Crippen MR) is 82.5 cm³/mol. The van der Waals surface area contributed by atoms with Crippen LogP contribution in [0.3, 0.4) is 0 Å². The van der Waals surface area contributed by atoms with Crippen LogP contribution in [0.25, 0.3) is 11.0 Å². The van der Waals surface area contributed by atoms with Gasteiger partial charge in [0.25, 0.3) is 0 Å². The number of nitrogen functional groups attached to an aromatic ring is 1. The minimum Gasteiger partial charge on any atom is -0.399 e. The van der Waals surface area contributed by atoms with Crippen molar-refractivity contribution in [1.29, 1.82) is 0 Å². The van der Waals surface area contributed by atoms with Crippen molar-refractivity contribution in [1.82, 2.24) is 9.55 Å². The summed E-state index contributed by atoms with van der Waals surface area (Å²) in [5.74, 6) is 1.12. The van der Waals surface area contributed by atoms with Crippen molar-refractivity contribution in [3.05, 3.63) is 24.0 Å². The Morgan fingerprint density at radius 2 is 1.79 bits per heavy atom. The molecule has 3 nitrogen and oxygen atoms in total. The van der Waals surface area contributed by atoms with E-state index in [4.69, 9.17) is 10.7 Å². The van der Waals surface area contributed by atoms with E-state index in [1.165, 1.54) is 5.52 Å². The molecule has 0 spiro atoms. The highest BCUT2D eigenvalue weighted by Gasteiger charge is 2.30. The number of fused-ring (bicyclic) bond motifs is 1. The lowest BCUT2D eigenvalue weighted by molar-refractivity contribution is 0.321. The SMILES string of the molecule is CCC(C)(C)n1c(C(C)(C)C)nc2cc(N)ccc21. The van der Waals surface area contributed by atoms with E-state index in [0.717, 1.165) is 23.4 Å². The topological polar surface area (TPSA) is 43.8 Å². The summed E-state index contributed by atoms with van der Waals surface area (Å²) in [6.07, 6.45) is 1.06. The Bertz CT molecular complexity index is 600. The molecular weight excluding hydrogens is 234 g/mol. The first-order valence-corrected chi connectivity index (χ1v) is 6.96. The van der Waals surface area contributed by atoms with Gasteiger partial charge in [0.1, 0.15) is 5.82 Å². The molecule has 0 radical (unpaired) electrons. The van der Waals surface area contributed by atoms with E-state index in [0.29, 0.717) is 0 Å². The molecule has 0 saturated carbocycles.